The van der Waals surface area contributed by atoms with E-state index in [1.54, 1.807) is 13.3 Å². The molecule has 1 heterocycles. The van der Waals surface area contributed by atoms with Crippen LogP contribution >= 0.6 is 0 Å². The second kappa shape index (κ2) is 5.46. The quantitative estimate of drug-likeness (QED) is 0.475. The van der Waals surface area contributed by atoms with E-state index in [0.29, 0.717) is 24.5 Å². The van der Waals surface area contributed by atoms with Gasteiger partial charge in [0.05, 0.1) is 17.7 Å². The van der Waals surface area contributed by atoms with Crippen molar-refractivity contribution in [3.05, 3.63) is 36.0 Å². The van der Waals surface area contributed by atoms with Crippen LogP contribution in [0.2, 0.25) is 0 Å². The maximum Gasteiger partial charge on any atom is 0.141 e. The number of aromatic nitrogens is 1. The number of nitrogens with zero attached hydrogens (tertiary/aromatic N) is 1. The normalized spacial score (nSPS) is 10.5. The highest BCUT2D eigenvalue weighted by Gasteiger charge is 2.12. The second-order valence-corrected chi connectivity index (χ2v) is 3.77. The van der Waals surface area contributed by atoms with E-state index in [9.17, 15) is 0 Å². The SMILES string of the molecule is COCCOc1c(C(=N)N)cnc2ccccc12. The number of rotatable bonds is 5. The summed E-state index contributed by atoms with van der Waals surface area (Å²) in [5.41, 5.74) is 6.86. The van der Waals surface area contributed by atoms with Gasteiger partial charge in [0, 0.05) is 18.7 Å². The summed E-state index contributed by atoms with van der Waals surface area (Å²) in [7, 11) is 1.61. The summed E-state index contributed by atoms with van der Waals surface area (Å²) in [6.07, 6.45) is 1.56. The number of amidine groups is 1. The zero-order chi connectivity index (χ0) is 13.0. The van der Waals surface area contributed by atoms with Gasteiger partial charge in [-0.05, 0) is 12.1 Å². The van der Waals surface area contributed by atoms with E-state index in [4.69, 9.17) is 20.6 Å². The Kier molecular flexibility index (Phi) is 3.74. The van der Waals surface area contributed by atoms with Crippen molar-refractivity contribution in [3.63, 3.8) is 0 Å². The zero-order valence-electron chi connectivity index (χ0n) is 10.1. The molecule has 1 aromatic heterocycles. The van der Waals surface area contributed by atoms with Crippen molar-refractivity contribution >= 4 is 16.7 Å². The Balaban J connectivity index is 2.48. The van der Waals surface area contributed by atoms with Gasteiger partial charge in [0.15, 0.2) is 0 Å². The molecule has 2 aromatic rings. The lowest BCUT2D eigenvalue weighted by Gasteiger charge is -2.12. The van der Waals surface area contributed by atoms with Crippen LogP contribution in [0.1, 0.15) is 5.56 Å². The highest BCUT2D eigenvalue weighted by atomic mass is 16.5. The number of ether oxygens (including phenoxy) is 2. The molecule has 0 spiro atoms. The van der Waals surface area contributed by atoms with E-state index >= 15 is 0 Å². The molecule has 0 bridgehead atoms. The van der Waals surface area contributed by atoms with Crippen molar-refractivity contribution in [2.45, 2.75) is 0 Å². The number of hydrogen-bond donors (Lipinski definition) is 2. The molecule has 5 nitrogen and oxygen atoms in total. The van der Waals surface area contributed by atoms with Crippen molar-refractivity contribution in [1.82, 2.24) is 4.98 Å². The maximum atomic E-state index is 7.56. The summed E-state index contributed by atoms with van der Waals surface area (Å²) < 4.78 is 10.6. The molecule has 3 N–H and O–H groups in total. The lowest BCUT2D eigenvalue weighted by Crippen LogP contribution is -2.15. The molecule has 18 heavy (non-hydrogen) atoms. The Hall–Kier alpha value is -2.14. The largest absolute Gasteiger partial charge is 0.490 e. The van der Waals surface area contributed by atoms with Crippen LogP contribution in [0.25, 0.3) is 10.9 Å². The average molecular weight is 245 g/mol. The van der Waals surface area contributed by atoms with Gasteiger partial charge in [0.1, 0.15) is 18.2 Å². The highest BCUT2D eigenvalue weighted by molar-refractivity contribution is 6.02. The van der Waals surface area contributed by atoms with Crippen molar-refractivity contribution in [1.29, 1.82) is 5.41 Å². The maximum absolute atomic E-state index is 7.56. The monoisotopic (exact) mass is 245 g/mol. The predicted molar refractivity (Wildman–Crippen MR) is 70.1 cm³/mol. The molecule has 0 saturated carbocycles. The summed E-state index contributed by atoms with van der Waals surface area (Å²) in [6, 6.07) is 7.60. The van der Waals surface area contributed by atoms with Crippen LogP contribution in [-0.2, 0) is 4.74 Å². The minimum atomic E-state index is -0.0549. The summed E-state index contributed by atoms with van der Waals surface area (Å²) in [5.74, 6) is 0.533. The first kappa shape index (κ1) is 12.3. The average Bonchev–Trinajstić information content (AvgIpc) is 2.38. The van der Waals surface area contributed by atoms with Gasteiger partial charge >= 0.3 is 0 Å². The van der Waals surface area contributed by atoms with E-state index in [1.165, 1.54) is 0 Å². The van der Waals surface area contributed by atoms with Crippen molar-refractivity contribution in [2.75, 3.05) is 20.3 Å². The molecule has 0 fully saturated rings. The lowest BCUT2D eigenvalue weighted by atomic mass is 10.1. The number of methoxy groups -OCH3 is 1. The number of nitrogens with two attached hydrogens (primary N) is 1. The van der Waals surface area contributed by atoms with E-state index < -0.39 is 0 Å². The molecule has 0 atom stereocenters. The molecule has 0 aliphatic rings. The van der Waals surface area contributed by atoms with Crippen molar-refractivity contribution in [2.24, 2.45) is 5.73 Å². The van der Waals surface area contributed by atoms with Crippen LogP contribution in [0.3, 0.4) is 0 Å². The topological polar surface area (TPSA) is 81.2 Å². The van der Waals surface area contributed by atoms with Gasteiger partial charge in [-0.2, -0.15) is 0 Å². The van der Waals surface area contributed by atoms with Gasteiger partial charge in [-0.3, -0.25) is 10.4 Å². The highest BCUT2D eigenvalue weighted by Crippen LogP contribution is 2.27. The van der Waals surface area contributed by atoms with Crippen LogP contribution in [0.15, 0.2) is 30.5 Å². The minimum absolute atomic E-state index is 0.0549. The molecule has 94 valence electrons. The molecule has 1 aromatic carbocycles. The van der Waals surface area contributed by atoms with Crippen molar-refractivity contribution < 1.29 is 9.47 Å². The number of nitrogens with one attached hydrogen (secondary N) is 1. The fourth-order valence-electron chi connectivity index (χ4n) is 1.69. The van der Waals surface area contributed by atoms with Gasteiger partial charge < -0.3 is 15.2 Å². The van der Waals surface area contributed by atoms with Crippen LogP contribution in [0.4, 0.5) is 0 Å². The van der Waals surface area contributed by atoms with E-state index in [0.717, 1.165) is 10.9 Å². The first-order valence-electron chi connectivity index (χ1n) is 5.58. The summed E-state index contributed by atoms with van der Waals surface area (Å²) >= 11 is 0. The number of pyridine rings is 1. The van der Waals surface area contributed by atoms with Crippen LogP contribution in [0.5, 0.6) is 5.75 Å². The molecule has 0 aliphatic heterocycles. The van der Waals surface area contributed by atoms with Gasteiger partial charge in [-0.15, -0.1) is 0 Å². The molecule has 0 unspecified atom stereocenters. The smallest absolute Gasteiger partial charge is 0.141 e. The van der Waals surface area contributed by atoms with Gasteiger partial charge in [-0.1, -0.05) is 12.1 Å². The Morgan fingerprint density at radius 2 is 2.11 bits per heavy atom. The van der Waals surface area contributed by atoms with Crippen LogP contribution in [0, 0.1) is 5.41 Å². The third kappa shape index (κ3) is 2.41. The van der Waals surface area contributed by atoms with Gasteiger partial charge in [-0.25, -0.2) is 0 Å². The molecule has 2 rings (SSSR count). The number of benzene rings is 1. The van der Waals surface area contributed by atoms with E-state index in [-0.39, 0.29) is 5.84 Å². The third-order valence-corrected chi connectivity index (χ3v) is 2.55. The summed E-state index contributed by atoms with van der Waals surface area (Å²) in [5, 5.41) is 8.41. The molecular weight excluding hydrogens is 230 g/mol. The summed E-state index contributed by atoms with van der Waals surface area (Å²) in [4.78, 5) is 4.26. The number of hydrogen-bond acceptors (Lipinski definition) is 4. The summed E-state index contributed by atoms with van der Waals surface area (Å²) in [6.45, 7) is 0.888. The predicted octanol–water partition coefficient (Wildman–Crippen LogP) is 1.54. The Morgan fingerprint density at radius 1 is 1.33 bits per heavy atom. The number of fused-ring (bicyclic) bond motifs is 1. The fourth-order valence-corrected chi connectivity index (χ4v) is 1.69. The molecule has 5 heteroatoms. The Morgan fingerprint density at radius 3 is 2.83 bits per heavy atom. The zero-order valence-corrected chi connectivity index (χ0v) is 10.1. The standard InChI is InChI=1S/C13H15N3O2/c1-17-6-7-18-12-9-4-2-3-5-11(9)16-8-10(12)13(14)15/h2-5,8H,6-7H2,1H3,(H3,14,15). The van der Waals surface area contributed by atoms with Crippen molar-refractivity contribution in [3.8, 4) is 5.75 Å². The lowest BCUT2D eigenvalue weighted by molar-refractivity contribution is 0.147. The van der Waals surface area contributed by atoms with Crippen LogP contribution in [-0.4, -0.2) is 31.1 Å². The molecule has 0 radical (unpaired) electrons. The first-order chi connectivity index (χ1) is 8.74. The molecule has 0 saturated heterocycles. The minimum Gasteiger partial charge on any atom is -0.490 e. The molecule has 0 aliphatic carbocycles. The van der Waals surface area contributed by atoms with E-state index in [2.05, 4.69) is 4.98 Å². The second-order valence-electron chi connectivity index (χ2n) is 3.77. The third-order valence-electron chi connectivity index (χ3n) is 2.55. The van der Waals surface area contributed by atoms with Gasteiger partial charge in [0.25, 0.3) is 0 Å². The first-order valence-corrected chi connectivity index (χ1v) is 5.58. The number of para-hydroxylation sites is 1. The fraction of sp³-hybridized carbons (Fsp3) is 0.231. The van der Waals surface area contributed by atoms with Crippen LogP contribution < -0.4 is 10.5 Å². The molecular formula is C13H15N3O2. The van der Waals surface area contributed by atoms with E-state index in [1.807, 2.05) is 24.3 Å². The number of nitrogen functional groups attached to an aromatic ring is 1. The Bertz CT molecular complexity index is 569. The molecule has 0 amide bonds. The Labute approximate surface area is 105 Å². The van der Waals surface area contributed by atoms with Gasteiger partial charge in [0.2, 0.25) is 0 Å².